The lowest BCUT2D eigenvalue weighted by Crippen LogP contribution is -2.44. The van der Waals surface area contributed by atoms with E-state index >= 15 is 0 Å². The fourth-order valence-electron chi connectivity index (χ4n) is 2.43. The summed E-state index contributed by atoms with van der Waals surface area (Å²) in [5.41, 5.74) is 1.25. The van der Waals surface area contributed by atoms with Crippen molar-refractivity contribution in [2.24, 2.45) is 0 Å². The fourth-order valence-corrected chi connectivity index (χ4v) is 3.24. The van der Waals surface area contributed by atoms with Gasteiger partial charge in [0.2, 0.25) is 5.91 Å². The summed E-state index contributed by atoms with van der Waals surface area (Å²) >= 11 is 7.16. The Labute approximate surface area is 177 Å². The van der Waals surface area contributed by atoms with Crippen molar-refractivity contribution in [1.29, 1.82) is 0 Å². The summed E-state index contributed by atoms with van der Waals surface area (Å²) in [5, 5.41) is 8.40. The molecule has 3 rings (SSSR count). The maximum absolute atomic E-state index is 12.4. The van der Waals surface area contributed by atoms with Gasteiger partial charge in [0.15, 0.2) is 0 Å². The lowest BCUT2D eigenvalue weighted by molar-refractivity contribution is -0.122. The zero-order valence-electron chi connectivity index (χ0n) is 15.7. The number of halogens is 1. The van der Waals surface area contributed by atoms with Crippen molar-refractivity contribution in [2.45, 2.75) is 26.1 Å². The molecule has 1 aromatic heterocycles. The van der Waals surface area contributed by atoms with Crippen molar-refractivity contribution >= 4 is 34.8 Å². The van der Waals surface area contributed by atoms with Crippen LogP contribution in [0.5, 0.6) is 5.75 Å². The number of carbonyl (C=O) groups is 2. The van der Waals surface area contributed by atoms with E-state index in [1.54, 1.807) is 36.6 Å². The van der Waals surface area contributed by atoms with Crippen molar-refractivity contribution in [3.05, 3.63) is 81.3 Å². The Kier molecular flexibility index (Phi) is 7.21. The molecule has 2 N–H and O–H groups in total. The van der Waals surface area contributed by atoms with Gasteiger partial charge < -0.3 is 15.4 Å². The second-order valence-electron chi connectivity index (χ2n) is 6.27. The Balaban J connectivity index is 1.47. The van der Waals surface area contributed by atoms with Gasteiger partial charge in [-0.05, 0) is 36.8 Å². The number of rotatable bonds is 8. The number of ether oxygens (including phenoxy) is 1. The molecule has 2 amide bonds. The summed E-state index contributed by atoms with van der Waals surface area (Å²) < 4.78 is 5.63. The minimum Gasteiger partial charge on any atom is -0.486 e. The van der Waals surface area contributed by atoms with Crippen molar-refractivity contribution in [1.82, 2.24) is 15.6 Å². The van der Waals surface area contributed by atoms with E-state index in [0.717, 1.165) is 5.56 Å². The summed E-state index contributed by atoms with van der Waals surface area (Å²) in [6.45, 7) is 2.28. The maximum atomic E-state index is 12.4. The normalized spacial score (nSPS) is 11.5. The highest BCUT2D eigenvalue weighted by molar-refractivity contribution is 7.09. The lowest BCUT2D eigenvalue weighted by Gasteiger charge is -2.13. The molecule has 0 saturated carbocycles. The Hall–Kier alpha value is -2.90. The van der Waals surface area contributed by atoms with Crippen molar-refractivity contribution < 1.29 is 14.3 Å². The van der Waals surface area contributed by atoms with Gasteiger partial charge in [0.1, 0.15) is 29.1 Å². The molecule has 0 radical (unpaired) electrons. The quantitative estimate of drug-likeness (QED) is 0.570. The summed E-state index contributed by atoms with van der Waals surface area (Å²) in [4.78, 5) is 28.8. The number of hydrogen-bond acceptors (Lipinski definition) is 5. The number of nitrogens with one attached hydrogen (secondary N) is 2. The molecule has 1 unspecified atom stereocenters. The molecule has 0 saturated heterocycles. The smallest absolute Gasteiger partial charge is 0.271 e. The second-order valence-corrected chi connectivity index (χ2v) is 7.65. The standard InChI is InChI=1S/C21H20ClN3O3S/c1-14(20(26)23-11-15-5-3-2-4-6-15)24-21(27)18-13-29-19(25-18)12-28-17-9-7-16(22)8-10-17/h2-10,13-14H,11-12H2,1H3,(H,23,26)(H,24,27). The molecule has 0 spiro atoms. The summed E-state index contributed by atoms with van der Waals surface area (Å²) in [5.74, 6) is 0.00407. The van der Waals surface area contributed by atoms with Crippen LogP contribution in [0.2, 0.25) is 5.02 Å². The third-order valence-electron chi connectivity index (χ3n) is 4.01. The molecular weight excluding hydrogens is 410 g/mol. The first-order valence-electron chi connectivity index (χ1n) is 8.96. The zero-order chi connectivity index (χ0) is 20.6. The SMILES string of the molecule is CC(NC(=O)c1csc(COc2ccc(Cl)cc2)n1)C(=O)NCc1ccccc1. The summed E-state index contributed by atoms with van der Waals surface area (Å²) in [6.07, 6.45) is 0. The molecule has 6 nitrogen and oxygen atoms in total. The first kappa shape index (κ1) is 20.8. The Morgan fingerprint density at radius 3 is 2.59 bits per heavy atom. The molecule has 0 aliphatic rings. The van der Waals surface area contributed by atoms with Gasteiger partial charge in [-0.3, -0.25) is 9.59 Å². The van der Waals surface area contributed by atoms with E-state index in [4.69, 9.17) is 16.3 Å². The van der Waals surface area contributed by atoms with Crippen LogP contribution in [-0.4, -0.2) is 22.8 Å². The fraction of sp³-hybridized carbons (Fsp3) is 0.190. The number of aromatic nitrogens is 1. The molecule has 0 bridgehead atoms. The van der Waals surface area contributed by atoms with Gasteiger partial charge in [0, 0.05) is 16.9 Å². The Morgan fingerprint density at radius 2 is 1.86 bits per heavy atom. The van der Waals surface area contributed by atoms with Crippen LogP contribution in [0.4, 0.5) is 0 Å². The molecule has 0 fully saturated rings. The largest absolute Gasteiger partial charge is 0.486 e. The summed E-state index contributed by atoms with van der Waals surface area (Å²) in [6, 6.07) is 15.9. The van der Waals surface area contributed by atoms with Crippen LogP contribution in [0.1, 0.15) is 28.0 Å². The van der Waals surface area contributed by atoms with Gasteiger partial charge in [0.05, 0.1) is 0 Å². The monoisotopic (exact) mass is 429 g/mol. The third kappa shape index (κ3) is 6.30. The first-order valence-corrected chi connectivity index (χ1v) is 10.2. The Bertz CT molecular complexity index is 961. The summed E-state index contributed by atoms with van der Waals surface area (Å²) in [7, 11) is 0. The number of thiazole rings is 1. The average Bonchev–Trinajstić information content (AvgIpc) is 3.21. The van der Waals surface area contributed by atoms with Crippen LogP contribution in [0.15, 0.2) is 60.0 Å². The minimum atomic E-state index is -0.679. The van der Waals surface area contributed by atoms with Crippen LogP contribution < -0.4 is 15.4 Å². The zero-order valence-corrected chi connectivity index (χ0v) is 17.3. The Morgan fingerprint density at radius 1 is 1.14 bits per heavy atom. The number of carbonyl (C=O) groups excluding carboxylic acids is 2. The van der Waals surface area contributed by atoms with E-state index in [9.17, 15) is 9.59 Å². The maximum Gasteiger partial charge on any atom is 0.271 e. The molecular formula is C21H20ClN3O3S. The van der Waals surface area contributed by atoms with Crippen LogP contribution in [0.25, 0.3) is 0 Å². The van der Waals surface area contributed by atoms with E-state index in [1.807, 2.05) is 30.3 Å². The van der Waals surface area contributed by atoms with Crippen LogP contribution >= 0.6 is 22.9 Å². The van der Waals surface area contributed by atoms with Crippen LogP contribution in [0, 0.1) is 0 Å². The predicted molar refractivity (Wildman–Crippen MR) is 113 cm³/mol. The molecule has 2 aromatic carbocycles. The van der Waals surface area contributed by atoms with Gasteiger partial charge in [0.25, 0.3) is 5.91 Å². The number of nitrogens with zero attached hydrogens (tertiary/aromatic N) is 1. The van der Waals surface area contributed by atoms with Crippen LogP contribution in [-0.2, 0) is 17.9 Å². The highest BCUT2D eigenvalue weighted by Gasteiger charge is 2.18. The molecule has 8 heteroatoms. The molecule has 1 atom stereocenters. The molecule has 1 heterocycles. The van der Waals surface area contributed by atoms with Gasteiger partial charge in [-0.1, -0.05) is 41.9 Å². The van der Waals surface area contributed by atoms with Crippen LogP contribution in [0.3, 0.4) is 0 Å². The van der Waals surface area contributed by atoms with Gasteiger partial charge in [-0.2, -0.15) is 0 Å². The molecule has 0 aliphatic heterocycles. The topological polar surface area (TPSA) is 80.3 Å². The average molecular weight is 430 g/mol. The first-order chi connectivity index (χ1) is 14.0. The molecule has 0 aliphatic carbocycles. The molecule has 150 valence electrons. The van der Waals surface area contributed by atoms with Gasteiger partial charge >= 0.3 is 0 Å². The number of amides is 2. The second kappa shape index (κ2) is 10.0. The molecule has 29 heavy (non-hydrogen) atoms. The van der Waals surface area contributed by atoms with Gasteiger partial charge in [-0.15, -0.1) is 11.3 Å². The van der Waals surface area contributed by atoms with E-state index in [1.165, 1.54) is 11.3 Å². The van der Waals surface area contributed by atoms with Crippen molar-refractivity contribution in [2.75, 3.05) is 0 Å². The number of benzene rings is 2. The highest BCUT2D eigenvalue weighted by Crippen LogP contribution is 2.18. The number of hydrogen-bond donors (Lipinski definition) is 2. The van der Waals surface area contributed by atoms with E-state index in [-0.39, 0.29) is 18.2 Å². The van der Waals surface area contributed by atoms with Crippen molar-refractivity contribution in [3.63, 3.8) is 0 Å². The lowest BCUT2D eigenvalue weighted by atomic mass is 10.2. The molecule has 3 aromatic rings. The van der Waals surface area contributed by atoms with E-state index < -0.39 is 11.9 Å². The highest BCUT2D eigenvalue weighted by atomic mass is 35.5. The van der Waals surface area contributed by atoms with E-state index in [0.29, 0.717) is 22.3 Å². The van der Waals surface area contributed by atoms with Gasteiger partial charge in [-0.25, -0.2) is 4.98 Å². The van der Waals surface area contributed by atoms with E-state index in [2.05, 4.69) is 15.6 Å². The van der Waals surface area contributed by atoms with Crippen molar-refractivity contribution in [3.8, 4) is 5.75 Å². The third-order valence-corrected chi connectivity index (χ3v) is 5.09. The minimum absolute atomic E-state index is 0.243. The predicted octanol–water partition coefficient (Wildman–Crippen LogP) is 3.81.